The highest BCUT2D eigenvalue weighted by atomic mass is 15.1. The number of aromatic nitrogens is 2. The van der Waals surface area contributed by atoms with Gasteiger partial charge in [0.05, 0.1) is 0 Å². The van der Waals surface area contributed by atoms with Crippen molar-refractivity contribution in [1.29, 1.82) is 0 Å². The van der Waals surface area contributed by atoms with Gasteiger partial charge in [0, 0.05) is 18.5 Å². The summed E-state index contributed by atoms with van der Waals surface area (Å²) in [7, 11) is 0. The van der Waals surface area contributed by atoms with Crippen molar-refractivity contribution in [1.82, 2.24) is 9.97 Å². The van der Waals surface area contributed by atoms with Gasteiger partial charge in [-0.05, 0) is 36.0 Å². The van der Waals surface area contributed by atoms with Gasteiger partial charge in [-0.3, -0.25) is 0 Å². The number of hydrogen-bond acceptors (Lipinski definition) is 4. The van der Waals surface area contributed by atoms with E-state index in [1.54, 1.807) is 0 Å². The molecule has 3 rings (SSSR count). The highest BCUT2D eigenvalue weighted by molar-refractivity contribution is 5.46. The van der Waals surface area contributed by atoms with E-state index in [-0.39, 0.29) is 0 Å². The molecular weight excluding hydrogens is 248 g/mol. The van der Waals surface area contributed by atoms with Crippen molar-refractivity contribution < 1.29 is 0 Å². The number of hydrogen-bond donors (Lipinski definition) is 2. The second-order valence-corrected chi connectivity index (χ2v) is 7.44. The summed E-state index contributed by atoms with van der Waals surface area (Å²) in [5.74, 6) is 3.10. The molecule has 3 N–H and O–H groups in total. The number of nitrogens with zero attached hydrogens (tertiary/aromatic N) is 2. The monoisotopic (exact) mass is 274 g/mol. The van der Waals surface area contributed by atoms with E-state index in [0.717, 1.165) is 24.0 Å². The van der Waals surface area contributed by atoms with Crippen LogP contribution in [0.3, 0.4) is 0 Å². The van der Waals surface area contributed by atoms with Gasteiger partial charge < -0.3 is 11.1 Å². The zero-order valence-corrected chi connectivity index (χ0v) is 13.0. The Balaban J connectivity index is 1.89. The Kier molecular flexibility index (Phi) is 2.96. The summed E-state index contributed by atoms with van der Waals surface area (Å²) in [5, 5.41) is 3.69. The normalized spacial score (nSPS) is 34.4. The van der Waals surface area contributed by atoms with Crippen LogP contribution in [0.15, 0.2) is 6.07 Å². The van der Waals surface area contributed by atoms with Crippen LogP contribution in [0, 0.1) is 16.7 Å². The average Bonchev–Trinajstić information content (AvgIpc) is 2.85. The molecule has 1 heterocycles. The highest BCUT2D eigenvalue weighted by Crippen LogP contribution is 2.63. The van der Waals surface area contributed by atoms with E-state index in [4.69, 9.17) is 5.73 Å². The zero-order chi connectivity index (χ0) is 14.5. The zero-order valence-electron chi connectivity index (χ0n) is 13.0. The third kappa shape index (κ3) is 1.97. The molecule has 4 nitrogen and oxygen atoms in total. The molecule has 20 heavy (non-hydrogen) atoms. The SMILES string of the molecule is CCc1nc(N)cc(NC2C3(C)CCC(C3)C2(C)C)n1. The molecule has 0 aromatic carbocycles. The molecule has 3 unspecified atom stereocenters. The van der Waals surface area contributed by atoms with E-state index in [0.29, 0.717) is 22.7 Å². The van der Waals surface area contributed by atoms with Crippen molar-refractivity contribution in [3.63, 3.8) is 0 Å². The maximum absolute atomic E-state index is 5.89. The first-order valence-electron chi connectivity index (χ1n) is 7.75. The Morgan fingerprint density at radius 2 is 2.10 bits per heavy atom. The number of aryl methyl sites for hydroxylation is 1. The lowest BCUT2D eigenvalue weighted by molar-refractivity contribution is 0.155. The van der Waals surface area contributed by atoms with Crippen LogP contribution in [0.25, 0.3) is 0 Å². The molecule has 0 saturated heterocycles. The fourth-order valence-corrected chi connectivity index (χ4v) is 4.56. The smallest absolute Gasteiger partial charge is 0.132 e. The van der Waals surface area contributed by atoms with Gasteiger partial charge in [0.15, 0.2) is 0 Å². The summed E-state index contributed by atoms with van der Waals surface area (Å²) >= 11 is 0. The molecule has 4 heteroatoms. The quantitative estimate of drug-likeness (QED) is 0.888. The fraction of sp³-hybridized carbons (Fsp3) is 0.750. The molecule has 0 spiro atoms. The largest absolute Gasteiger partial charge is 0.384 e. The average molecular weight is 274 g/mol. The van der Waals surface area contributed by atoms with Gasteiger partial charge in [-0.1, -0.05) is 27.7 Å². The summed E-state index contributed by atoms with van der Waals surface area (Å²) in [6.07, 6.45) is 4.83. The van der Waals surface area contributed by atoms with Crippen LogP contribution in [0.4, 0.5) is 11.6 Å². The topological polar surface area (TPSA) is 63.8 Å². The van der Waals surface area contributed by atoms with E-state index in [1.807, 2.05) is 6.07 Å². The summed E-state index contributed by atoms with van der Waals surface area (Å²) in [6.45, 7) is 9.27. The number of nitrogens with two attached hydrogens (primary N) is 1. The number of anilines is 2. The van der Waals surface area contributed by atoms with E-state index in [2.05, 4.69) is 43.0 Å². The van der Waals surface area contributed by atoms with Gasteiger partial charge in [-0.25, -0.2) is 9.97 Å². The van der Waals surface area contributed by atoms with Crippen molar-refractivity contribution >= 4 is 11.6 Å². The summed E-state index contributed by atoms with van der Waals surface area (Å²) in [5.41, 5.74) is 6.60. The number of nitrogens with one attached hydrogen (secondary N) is 1. The Morgan fingerprint density at radius 3 is 2.70 bits per heavy atom. The summed E-state index contributed by atoms with van der Waals surface area (Å²) in [4.78, 5) is 8.85. The first-order valence-corrected chi connectivity index (χ1v) is 7.75. The second-order valence-electron chi connectivity index (χ2n) is 7.44. The second kappa shape index (κ2) is 4.34. The van der Waals surface area contributed by atoms with Crippen LogP contribution in [0.2, 0.25) is 0 Å². The van der Waals surface area contributed by atoms with E-state index in [1.165, 1.54) is 19.3 Å². The van der Waals surface area contributed by atoms with Crippen LogP contribution in [0.5, 0.6) is 0 Å². The molecule has 1 aromatic heterocycles. The molecule has 2 saturated carbocycles. The third-order valence-electron chi connectivity index (χ3n) is 5.67. The summed E-state index contributed by atoms with van der Waals surface area (Å²) in [6, 6.07) is 2.33. The lowest BCUT2D eigenvalue weighted by Crippen LogP contribution is -2.46. The van der Waals surface area contributed by atoms with Crippen molar-refractivity contribution in [2.24, 2.45) is 16.7 Å². The first kappa shape index (κ1) is 13.7. The van der Waals surface area contributed by atoms with Crippen molar-refractivity contribution in [2.75, 3.05) is 11.1 Å². The van der Waals surface area contributed by atoms with Crippen LogP contribution >= 0.6 is 0 Å². The van der Waals surface area contributed by atoms with Crippen molar-refractivity contribution in [3.8, 4) is 0 Å². The molecule has 2 aliphatic rings. The molecule has 2 fully saturated rings. The summed E-state index contributed by atoms with van der Waals surface area (Å²) < 4.78 is 0. The van der Waals surface area contributed by atoms with Gasteiger partial charge in [0.25, 0.3) is 0 Å². The molecule has 2 bridgehead atoms. The molecule has 1 aromatic rings. The maximum atomic E-state index is 5.89. The Morgan fingerprint density at radius 1 is 1.35 bits per heavy atom. The lowest BCUT2D eigenvalue weighted by Gasteiger charge is -2.43. The van der Waals surface area contributed by atoms with Crippen LogP contribution in [0.1, 0.15) is 52.8 Å². The van der Waals surface area contributed by atoms with E-state index < -0.39 is 0 Å². The van der Waals surface area contributed by atoms with Gasteiger partial charge in [-0.15, -0.1) is 0 Å². The predicted octanol–water partition coefficient (Wildman–Crippen LogP) is 3.25. The number of nitrogen functional groups attached to an aromatic ring is 1. The third-order valence-corrected chi connectivity index (χ3v) is 5.67. The minimum atomic E-state index is 0.319. The lowest BCUT2D eigenvalue weighted by atomic mass is 9.68. The van der Waals surface area contributed by atoms with Crippen LogP contribution in [-0.4, -0.2) is 16.0 Å². The van der Waals surface area contributed by atoms with Gasteiger partial charge in [0.2, 0.25) is 0 Å². The Labute approximate surface area is 121 Å². The molecule has 0 aliphatic heterocycles. The standard InChI is InChI=1S/C16H26N4/c1-5-12-18-11(17)8-13(19-12)20-14-15(2,3)10-6-7-16(14,4)9-10/h8,10,14H,5-7,9H2,1-4H3,(H3,17,18,19,20). The molecule has 2 aliphatic carbocycles. The van der Waals surface area contributed by atoms with Gasteiger partial charge in [-0.2, -0.15) is 0 Å². The van der Waals surface area contributed by atoms with E-state index in [9.17, 15) is 0 Å². The van der Waals surface area contributed by atoms with Crippen molar-refractivity contribution in [2.45, 2.75) is 59.4 Å². The highest BCUT2D eigenvalue weighted by Gasteiger charge is 2.59. The Bertz CT molecular complexity index is 520. The maximum Gasteiger partial charge on any atom is 0.132 e. The van der Waals surface area contributed by atoms with Gasteiger partial charge >= 0.3 is 0 Å². The first-order chi connectivity index (χ1) is 9.35. The minimum absolute atomic E-state index is 0.319. The molecular formula is C16H26N4. The predicted molar refractivity (Wildman–Crippen MR) is 82.5 cm³/mol. The molecule has 0 radical (unpaired) electrons. The van der Waals surface area contributed by atoms with Crippen molar-refractivity contribution in [3.05, 3.63) is 11.9 Å². The minimum Gasteiger partial charge on any atom is -0.384 e. The van der Waals surface area contributed by atoms with E-state index >= 15 is 0 Å². The Hall–Kier alpha value is -1.32. The number of rotatable bonds is 3. The van der Waals surface area contributed by atoms with Crippen LogP contribution < -0.4 is 11.1 Å². The molecule has 110 valence electrons. The van der Waals surface area contributed by atoms with Gasteiger partial charge in [0.1, 0.15) is 17.5 Å². The molecule has 0 amide bonds. The number of fused-ring (bicyclic) bond motifs is 2. The molecule has 3 atom stereocenters. The van der Waals surface area contributed by atoms with Crippen LogP contribution in [-0.2, 0) is 6.42 Å². The fourth-order valence-electron chi connectivity index (χ4n) is 4.56.